The first-order valence-electron chi connectivity index (χ1n) is 10.5. The molecule has 0 fully saturated rings. The number of esters is 1. The van der Waals surface area contributed by atoms with Crippen molar-refractivity contribution in [3.8, 4) is 0 Å². The minimum Gasteiger partial charge on any atom is -0.452 e. The van der Waals surface area contributed by atoms with Gasteiger partial charge in [0, 0.05) is 0 Å². The summed E-state index contributed by atoms with van der Waals surface area (Å²) in [6.07, 6.45) is 0. The molecule has 8 heteroatoms. The molecule has 3 amide bonds. The number of imide groups is 1. The minimum absolute atomic E-state index is 0.0592. The van der Waals surface area contributed by atoms with Crippen molar-refractivity contribution in [3.05, 3.63) is 93.0 Å². The second-order valence-electron chi connectivity index (χ2n) is 8.10. The van der Waals surface area contributed by atoms with Crippen molar-refractivity contribution < 1.29 is 23.9 Å². The Kier molecular flexibility index (Phi) is 6.22. The number of aryl methyl sites for hydroxylation is 3. The van der Waals surface area contributed by atoms with Crippen LogP contribution < -0.4 is 10.2 Å². The number of ether oxygens (including phenoxy) is 1. The van der Waals surface area contributed by atoms with Gasteiger partial charge in [-0.25, -0.2) is 9.69 Å². The van der Waals surface area contributed by atoms with Gasteiger partial charge >= 0.3 is 5.97 Å². The zero-order valence-electron chi connectivity index (χ0n) is 18.8. The Morgan fingerprint density at radius 2 is 1.56 bits per heavy atom. The fraction of sp³-hybridized carbons (Fsp3) is 0.154. The molecule has 0 bridgehead atoms. The highest BCUT2D eigenvalue weighted by atomic mass is 35.5. The number of hydrogen-bond acceptors (Lipinski definition) is 5. The van der Waals surface area contributed by atoms with E-state index in [1.54, 1.807) is 24.3 Å². The molecule has 34 heavy (non-hydrogen) atoms. The Hall–Kier alpha value is -3.97. The van der Waals surface area contributed by atoms with Crippen LogP contribution in [0.25, 0.3) is 0 Å². The van der Waals surface area contributed by atoms with Gasteiger partial charge in [0.1, 0.15) is 0 Å². The molecule has 3 aromatic carbocycles. The lowest BCUT2D eigenvalue weighted by atomic mass is 10.1. The summed E-state index contributed by atoms with van der Waals surface area (Å²) < 4.78 is 5.09. The van der Waals surface area contributed by atoms with Crippen LogP contribution in [0.4, 0.5) is 11.4 Å². The van der Waals surface area contributed by atoms with E-state index in [1.165, 1.54) is 18.2 Å². The molecule has 1 aliphatic heterocycles. The van der Waals surface area contributed by atoms with E-state index in [1.807, 2.05) is 32.9 Å². The highest BCUT2D eigenvalue weighted by molar-refractivity contribution is 6.35. The number of hydrogen-bond donors (Lipinski definition) is 1. The molecule has 0 aromatic heterocycles. The molecule has 0 radical (unpaired) electrons. The largest absolute Gasteiger partial charge is 0.452 e. The average molecular weight is 477 g/mol. The Bertz CT molecular complexity index is 1370. The average Bonchev–Trinajstić information content (AvgIpc) is 3.05. The molecule has 1 N–H and O–H groups in total. The van der Waals surface area contributed by atoms with Crippen molar-refractivity contribution in [1.29, 1.82) is 0 Å². The molecule has 0 saturated heterocycles. The number of rotatable bonds is 5. The van der Waals surface area contributed by atoms with Crippen LogP contribution in [0.2, 0.25) is 5.02 Å². The first-order valence-corrected chi connectivity index (χ1v) is 10.9. The number of carbonyl (C=O) groups excluding carboxylic acids is 4. The van der Waals surface area contributed by atoms with Gasteiger partial charge in [-0.15, -0.1) is 0 Å². The normalized spacial score (nSPS) is 12.5. The Balaban J connectivity index is 1.47. The number of halogens is 1. The molecule has 7 nitrogen and oxygen atoms in total. The Morgan fingerprint density at radius 1 is 0.882 bits per heavy atom. The zero-order chi connectivity index (χ0) is 24.6. The Labute approximate surface area is 201 Å². The molecule has 0 atom stereocenters. The molecule has 0 unspecified atom stereocenters. The summed E-state index contributed by atoms with van der Waals surface area (Å²) in [7, 11) is 0. The predicted octanol–water partition coefficient (Wildman–Crippen LogP) is 4.86. The standard InChI is InChI=1S/C26H21ClN2O5/c1-14-5-9-21(20(27)10-14)28-23(30)13-34-26(33)17-7-8-18-19(12-17)25(32)29(24(18)31)22-11-15(2)4-6-16(22)3/h4-12H,13H2,1-3H3,(H,28,30). The molecular weight excluding hydrogens is 456 g/mol. The van der Waals surface area contributed by atoms with Crippen molar-refractivity contribution in [3.63, 3.8) is 0 Å². The van der Waals surface area contributed by atoms with Gasteiger partial charge in [0.25, 0.3) is 17.7 Å². The minimum atomic E-state index is -0.793. The van der Waals surface area contributed by atoms with E-state index >= 15 is 0 Å². The summed E-state index contributed by atoms with van der Waals surface area (Å²) in [4.78, 5) is 51.8. The first-order chi connectivity index (χ1) is 16.2. The lowest BCUT2D eigenvalue weighted by Gasteiger charge is -2.17. The summed E-state index contributed by atoms with van der Waals surface area (Å²) in [5.74, 6) is -2.33. The Morgan fingerprint density at radius 3 is 2.29 bits per heavy atom. The van der Waals surface area contributed by atoms with Gasteiger partial charge in [-0.1, -0.05) is 29.8 Å². The predicted molar refractivity (Wildman–Crippen MR) is 129 cm³/mol. The fourth-order valence-corrected chi connectivity index (χ4v) is 3.95. The first kappa shape index (κ1) is 23.2. The zero-order valence-corrected chi connectivity index (χ0v) is 19.5. The van der Waals surface area contributed by atoms with Crippen LogP contribution in [0.1, 0.15) is 47.8 Å². The van der Waals surface area contributed by atoms with E-state index in [4.69, 9.17) is 16.3 Å². The lowest BCUT2D eigenvalue weighted by Crippen LogP contribution is -2.30. The molecule has 172 valence electrons. The summed E-state index contributed by atoms with van der Waals surface area (Å²) >= 11 is 6.10. The van der Waals surface area contributed by atoms with E-state index in [9.17, 15) is 19.2 Å². The number of carbonyl (C=O) groups is 4. The summed E-state index contributed by atoms with van der Waals surface area (Å²) in [6, 6.07) is 14.8. The van der Waals surface area contributed by atoms with Gasteiger partial charge < -0.3 is 10.1 Å². The third-order valence-electron chi connectivity index (χ3n) is 5.46. The van der Waals surface area contributed by atoms with Gasteiger partial charge in [-0.2, -0.15) is 0 Å². The monoisotopic (exact) mass is 476 g/mol. The fourth-order valence-electron chi connectivity index (χ4n) is 3.67. The molecule has 0 aliphatic carbocycles. The second kappa shape index (κ2) is 9.11. The van der Waals surface area contributed by atoms with Crippen molar-refractivity contribution in [2.45, 2.75) is 20.8 Å². The highest BCUT2D eigenvalue weighted by Gasteiger charge is 2.38. The van der Waals surface area contributed by atoms with Crippen LogP contribution in [-0.4, -0.2) is 30.3 Å². The third-order valence-corrected chi connectivity index (χ3v) is 5.77. The molecule has 0 saturated carbocycles. The van der Waals surface area contributed by atoms with Crippen LogP contribution in [0, 0.1) is 20.8 Å². The van der Waals surface area contributed by atoms with Crippen molar-refractivity contribution in [2.24, 2.45) is 0 Å². The molecule has 0 spiro atoms. The van der Waals surface area contributed by atoms with Crippen molar-refractivity contribution >= 4 is 46.7 Å². The second-order valence-corrected chi connectivity index (χ2v) is 8.51. The van der Waals surface area contributed by atoms with Gasteiger partial charge in [-0.3, -0.25) is 14.4 Å². The van der Waals surface area contributed by atoms with Gasteiger partial charge in [0.2, 0.25) is 0 Å². The van der Waals surface area contributed by atoms with Crippen molar-refractivity contribution in [1.82, 2.24) is 0 Å². The van der Waals surface area contributed by atoms with Crippen LogP contribution in [-0.2, 0) is 9.53 Å². The lowest BCUT2D eigenvalue weighted by molar-refractivity contribution is -0.119. The summed E-state index contributed by atoms with van der Waals surface area (Å²) in [6.45, 7) is 5.02. The number of fused-ring (bicyclic) bond motifs is 1. The molecular formula is C26H21ClN2O5. The molecule has 1 heterocycles. The maximum Gasteiger partial charge on any atom is 0.338 e. The topological polar surface area (TPSA) is 92.8 Å². The van der Waals surface area contributed by atoms with Crippen LogP contribution in [0.5, 0.6) is 0 Å². The number of benzene rings is 3. The summed E-state index contributed by atoms with van der Waals surface area (Å²) in [5.41, 5.74) is 3.90. The number of nitrogens with zero attached hydrogens (tertiary/aromatic N) is 1. The van der Waals surface area contributed by atoms with E-state index in [-0.39, 0.29) is 16.7 Å². The molecule has 1 aliphatic rings. The maximum absolute atomic E-state index is 13.0. The summed E-state index contributed by atoms with van der Waals surface area (Å²) in [5, 5.41) is 2.95. The van der Waals surface area contributed by atoms with E-state index in [2.05, 4.69) is 5.32 Å². The van der Waals surface area contributed by atoms with Crippen molar-refractivity contribution in [2.75, 3.05) is 16.8 Å². The highest BCUT2D eigenvalue weighted by Crippen LogP contribution is 2.32. The number of amides is 3. The number of nitrogens with one attached hydrogen (secondary N) is 1. The quantitative estimate of drug-likeness (QED) is 0.419. The third kappa shape index (κ3) is 4.43. The SMILES string of the molecule is Cc1ccc(NC(=O)COC(=O)c2ccc3c(c2)C(=O)N(c2cc(C)ccc2C)C3=O)c(Cl)c1. The maximum atomic E-state index is 13.0. The van der Waals surface area contributed by atoms with E-state index in [0.29, 0.717) is 16.4 Å². The van der Waals surface area contributed by atoms with E-state index in [0.717, 1.165) is 21.6 Å². The molecule has 3 aromatic rings. The smallest absolute Gasteiger partial charge is 0.338 e. The van der Waals surface area contributed by atoms with Gasteiger partial charge in [0.05, 0.1) is 33.1 Å². The van der Waals surface area contributed by atoms with Crippen LogP contribution in [0.15, 0.2) is 54.6 Å². The number of anilines is 2. The molecule has 4 rings (SSSR count). The van der Waals surface area contributed by atoms with Crippen LogP contribution >= 0.6 is 11.6 Å². The van der Waals surface area contributed by atoms with Gasteiger partial charge in [-0.05, 0) is 73.9 Å². The van der Waals surface area contributed by atoms with Crippen LogP contribution in [0.3, 0.4) is 0 Å². The van der Waals surface area contributed by atoms with Gasteiger partial charge in [0.15, 0.2) is 6.61 Å². The van der Waals surface area contributed by atoms with E-state index < -0.39 is 30.3 Å².